The number of hydrogen-bond donors (Lipinski definition) is 1. The highest BCUT2D eigenvalue weighted by molar-refractivity contribution is 6.34. The molecule has 0 atom stereocenters. The van der Waals surface area contributed by atoms with Crippen molar-refractivity contribution in [3.05, 3.63) is 28.3 Å². The van der Waals surface area contributed by atoms with Crippen molar-refractivity contribution in [2.75, 3.05) is 0 Å². The topological polar surface area (TPSA) is 55.6 Å². The maximum Gasteiger partial charge on any atom is 0.311 e. The maximum atomic E-state index is 11.1. The molecular weight excluding hydrogens is 178 g/mol. The Kier molecular flexibility index (Phi) is 1.44. The predicted molar refractivity (Wildman–Crippen MR) is 44.8 cm³/mol. The fraction of sp³-hybridized carbons (Fsp3) is 0.143. The summed E-state index contributed by atoms with van der Waals surface area (Å²) >= 11 is 5.81. The second-order valence-electron chi connectivity index (χ2n) is 2.51. The van der Waals surface area contributed by atoms with Crippen LogP contribution in [0.3, 0.4) is 0 Å². The fourth-order valence-electron chi connectivity index (χ4n) is 1.09. The van der Waals surface area contributed by atoms with Crippen LogP contribution in [0, 0.1) is 12.1 Å². The first-order valence-corrected chi connectivity index (χ1v) is 3.80. The summed E-state index contributed by atoms with van der Waals surface area (Å²) in [6.07, 6.45) is 1.35. The van der Waals surface area contributed by atoms with Crippen LogP contribution in [0.25, 0.3) is 11.2 Å². The summed E-state index contributed by atoms with van der Waals surface area (Å²) in [6.45, 7) is 1.77. The minimum Gasteiger partial charge on any atom is -0.711 e. The molecule has 5 heteroatoms. The molecule has 0 saturated carbocycles. The van der Waals surface area contributed by atoms with Gasteiger partial charge in [0, 0.05) is 6.92 Å². The Balaban J connectivity index is 2.93. The van der Waals surface area contributed by atoms with E-state index in [9.17, 15) is 5.21 Å². The van der Waals surface area contributed by atoms with Gasteiger partial charge in [0.25, 0.3) is 0 Å². The Morgan fingerprint density at radius 1 is 1.67 bits per heavy atom. The average Bonchev–Trinajstić information content (AvgIpc) is 2.41. The van der Waals surface area contributed by atoms with Crippen molar-refractivity contribution in [2.24, 2.45) is 0 Å². The van der Waals surface area contributed by atoms with Gasteiger partial charge in [0.05, 0.1) is 11.2 Å². The molecule has 0 spiro atoms. The number of imidazole rings is 1. The average molecular weight is 184 g/mol. The van der Waals surface area contributed by atoms with Gasteiger partial charge in [-0.05, 0) is 6.07 Å². The Hall–Kier alpha value is -1.29. The molecule has 0 aliphatic rings. The SMILES string of the molecule is Cc1nc2c(Cl)cc[n+]([O-])c2[nH]1. The zero-order valence-electron chi connectivity index (χ0n) is 6.34. The first-order chi connectivity index (χ1) is 5.68. The summed E-state index contributed by atoms with van der Waals surface area (Å²) in [6, 6.07) is 1.52. The van der Waals surface area contributed by atoms with Gasteiger partial charge in [0.2, 0.25) is 0 Å². The lowest BCUT2D eigenvalue weighted by molar-refractivity contribution is -0.579. The number of aromatic amines is 1. The summed E-state index contributed by atoms with van der Waals surface area (Å²) in [5.74, 6) is 0.683. The van der Waals surface area contributed by atoms with E-state index in [1.54, 1.807) is 6.92 Å². The monoisotopic (exact) mass is 183 g/mol. The Labute approximate surface area is 73.4 Å². The molecule has 2 aromatic heterocycles. The normalized spacial score (nSPS) is 10.8. The number of nitrogens with one attached hydrogen (secondary N) is 1. The van der Waals surface area contributed by atoms with E-state index in [4.69, 9.17) is 11.6 Å². The van der Waals surface area contributed by atoms with Crippen molar-refractivity contribution in [2.45, 2.75) is 6.92 Å². The van der Waals surface area contributed by atoms with Crippen LogP contribution in [-0.4, -0.2) is 9.97 Å². The summed E-state index contributed by atoms with van der Waals surface area (Å²) in [5, 5.41) is 11.6. The fourth-order valence-corrected chi connectivity index (χ4v) is 1.28. The van der Waals surface area contributed by atoms with Crippen LogP contribution >= 0.6 is 11.6 Å². The molecule has 62 valence electrons. The second kappa shape index (κ2) is 2.35. The quantitative estimate of drug-likeness (QED) is 0.492. The molecule has 2 aromatic rings. The highest BCUT2D eigenvalue weighted by atomic mass is 35.5. The Morgan fingerprint density at radius 3 is 3.08 bits per heavy atom. The number of fused-ring (bicyclic) bond motifs is 1. The summed E-state index contributed by atoms with van der Waals surface area (Å²) in [5.41, 5.74) is 0.923. The van der Waals surface area contributed by atoms with Crippen LogP contribution in [0.4, 0.5) is 0 Å². The van der Waals surface area contributed by atoms with Gasteiger partial charge in [-0.1, -0.05) is 11.6 Å². The molecule has 2 rings (SSSR count). The second-order valence-corrected chi connectivity index (χ2v) is 2.92. The zero-order chi connectivity index (χ0) is 8.72. The number of halogens is 1. The summed E-state index contributed by atoms with van der Waals surface area (Å²) in [4.78, 5) is 6.89. The van der Waals surface area contributed by atoms with Gasteiger partial charge in [0.15, 0.2) is 11.3 Å². The van der Waals surface area contributed by atoms with Gasteiger partial charge in [-0.25, -0.2) is 14.7 Å². The maximum absolute atomic E-state index is 11.1. The Bertz CT molecular complexity index is 398. The van der Waals surface area contributed by atoms with Gasteiger partial charge in [-0.15, -0.1) is 0 Å². The number of hydrogen-bond acceptors (Lipinski definition) is 2. The van der Waals surface area contributed by atoms with Crippen molar-refractivity contribution in [1.29, 1.82) is 0 Å². The molecule has 0 fully saturated rings. The number of nitrogens with zero attached hydrogens (tertiary/aromatic N) is 2. The third kappa shape index (κ3) is 0.921. The minimum absolute atomic E-state index is 0.403. The van der Waals surface area contributed by atoms with Gasteiger partial charge in [-0.3, -0.25) is 0 Å². The molecule has 0 unspecified atom stereocenters. The van der Waals surface area contributed by atoms with Crippen LogP contribution in [-0.2, 0) is 0 Å². The van der Waals surface area contributed by atoms with E-state index in [0.717, 1.165) is 0 Å². The third-order valence-corrected chi connectivity index (χ3v) is 1.91. The lowest BCUT2D eigenvalue weighted by Crippen LogP contribution is -2.26. The molecular formula is C7H6ClN3O. The molecule has 0 radical (unpaired) electrons. The van der Waals surface area contributed by atoms with Crippen molar-refractivity contribution in [3.63, 3.8) is 0 Å². The smallest absolute Gasteiger partial charge is 0.311 e. The van der Waals surface area contributed by atoms with Crippen molar-refractivity contribution >= 4 is 22.8 Å². The number of H-pyrrole nitrogens is 1. The predicted octanol–water partition coefficient (Wildman–Crippen LogP) is 1.16. The van der Waals surface area contributed by atoms with E-state index in [1.165, 1.54) is 12.3 Å². The molecule has 0 amide bonds. The molecule has 0 aromatic carbocycles. The number of aryl methyl sites for hydroxylation is 1. The van der Waals surface area contributed by atoms with Crippen LogP contribution in [0.15, 0.2) is 12.3 Å². The Morgan fingerprint density at radius 2 is 2.42 bits per heavy atom. The highest BCUT2D eigenvalue weighted by Crippen LogP contribution is 2.17. The van der Waals surface area contributed by atoms with Crippen LogP contribution < -0.4 is 4.73 Å². The molecule has 4 nitrogen and oxygen atoms in total. The van der Waals surface area contributed by atoms with E-state index < -0.39 is 0 Å². The van der Waals surface area contributed by atoms with Gasteiger partial charge >= 0.3 is 5.65 Å². The van der Waals surface area contributed by atoms with Crippen molar-refractivity contribution in [3.8, 4) is 0 Å². The molecule has 0 saturated heterocycles. The van der Waals surface area contributed by atoms with E-state index in [-0.39, 0.29) is 0 Å². The van der Waals surface area contributed by atoms with Crippen LogP contribution in [0.5, 0.6) is 0 Å². The molecule has 12 heavy (non-hydrogen) atoms. The van der Waals surface area contributed by atoms with Crippen molar-refractivity contribution in [1.82, 2.24) is 9.97 Å². The highest BCUT2D eigenvalue weighted by Gasteiger charge is 2.10. The minimum atomic E-state index is 0.403. The molecule has 0 aliphatic carbocycles. The number of rotatable bonds is 0. The van der Waals surface area contributed by atoms with E-state index in [1.807, 2.05) is 0 Å². The molecule has 0 bridgehead atoms. The standard InChI is InChI=1S/C7H6ClN3O/c1-4-9-6-5(8)2-3-11(12)7(6)10-4/h2-3H,1H3,(H,9,10). The first-order valence-electron chi connectivity index (χ1n) is 3.42. The van der Waals surface area contributed by atoms with E-state index in [2.05, 4.69) is 9.97 Å². The zero-order valence-corrected chi connectivity index (χ0v) is 7.09. The van der Waals surface area contributed by atoms with Crippen LogP contribution in [0.2, 0.25) is 5.02 Å². The van der Waals surface area contributed by atoms with Crippen LogP contribution in [0.1, 0.15) is 5.82 Å². The first kappa shape index (κ1) is 7.36. The van der Waals surface area contributed by atoms with E-state index >= 15 is 0 Å². The third-order valence-electron chi connectivity index (χ3n) is 1.61. The summed E-state index contributed by atoms with van der Waals surface area (Å²) < 4.78 is 0.710. The van der Waals surface area contributed by atoms with Crippen molar-refractivity contribution < 1.29 is 4.73 Å². The van der Waals surface area contributed by atoms with Gasteiger partial charge < -0.3 is 5.21 Å². The lowest BCUT2D eigenvalue weighted by atomic mass is 10.4. The number of aromatic nitrogens is 3. The molecule has 1 N–H and O–H groups in total. The molecule has 0 aliphatic heterocycles. The van der Waals surface area contributed by atoms with Gasteiger partial charge in [-0.2, -0.15) is 0 Å². The largest absolute Gasteiger partial charge is 0.711 e. The molecule has 2 heterocycles. The summed E-state index contributed by atoms with van der Waals surface area (Å²) in [7, 11) is 0. The van der Waals surface area contributed by atoms with E-state index in [0.29, 0.717) is 26.7 Å². The van der Waals surface area contributed by atoms with Gasteiger partial charge in [0.1, 0.15) is 0 Å². The lowest BCUT2D eigenvalue weighted by Gasteiger charge is -2.00. The number of pyridine rings is 1.